The third-order valence-corrected chi connectivity index (χ3v) is 3.63. The van der Waals surface area contributed by atoms with Gasteiger partial charge in [-0.25, -0.2) is 4.79 Å². The van der Waals surface area contributed by atoms with Crippen LogP contribution >= 0.6 is 23.2 Å². The number of carbonyl (C=O) groups is 1. The Hall–Kier alpha value is -0.930. The van der Waals surface area contributed by atoms with Crippen LogP contribution in [0.4, 0.5) is 4.79 Å². The maximum Gasteiger partial charge on any atom is 0.411 e. The van der Waals surface area contributed by atoms with Crippen LogP contribution < -0.4 is 0 Å². The lowest BCUT2D eigenvalue weighted by Crippen LogP contribution is -2.35. The minimum atomic E-state index is -0.608. The number of fused-ring (bicyclic) bond motifs is 1. The summed E-state index contributed by atoms with van der Waals surface area (Å²) >= 11 is 11.7. The summed E-state index contributed by atoms with van der Waals surface area (Å²) in [6.45, 7) is 4.98. The normalized spacial score (nSPS) is 20.4. The minimum Gasteiger partial charge on any atom is -0.430 e. The van der Waals surface area contributed by atoms with Gasteiger partial charge in [0.2, 0.25) is 0 Å². The fourth-order valence-corrected chi connectivity index (χ4v) is 2.66. The number of carbonyl (C=O) groups excluding carboxylic acids is 1. The third-order valence-electron chi connectivity index (χ3n) is 3.31. The fraction of sp³-hybridized carbons (Fsp3) is 0.500. The summed E-state index contributed by atoms with van der Waals surface area (Å²) in [5.41, 5.74) is 1.84. The standard InChI is InChI=1S/C14H17Cl2NO2/c1-9-8-17(14(18)19-10(2)15)6-5-11-3-4-12(16)7-13(9)11/h3-4,7,9-10H,5-6,8H2,1-2H3. The average Bonchev–Trinajstić information content (AvgIpc) is 2.49. The first-order valence-electron chi connectivity index (χ1n) is 6.35. The van der Waals surface area contributed by atoms with Crippen molar-refractivity contribution < 1.29 is 9.53 Å². The van der Waals surface area contributed by atoms with Gasteiger partial charge in [0.15, 0.2) is 5.56 Å². The van der Waals surface area contributed by atoms with Crippen molar-refractivity contribution in [1.29, 1.82) is 0 Å². The zero-order valence-electron chi connectivity index (χ0n) is 11.0. The minimum absolute atomic E-state index is 0.231. The Balaban J connectivity index is 2.15. The van der Waals surface area contributed by atoms with Crippen LogP contribution in [0.2, 0.25) is 5.02 Å². The monoisotopic (exact) mass is 301 g/mol. The van der Waals surface area contributed by atoms with Crippen molar-refractivity contribution in [2.75, 3.05) is 13.1 Å². The van der Waals surface area contributed by atoms with Gasteiger partial charge in [-0.05, 0) is 42.5 Å². The van der Waals surface area contributed by atoms with Crippen LogP contribution in [0.25, 0.3) is 0 Å². The van der Waals surface area contributed by atoms with Crippen LogP contribution in [-0.4, -0.2) is 29.6 Å². The highest BCUT2D eigenvalue weighted by Crippen LogP contribution is 2.28. The molecule has 1 amide bonds. The van der Waals surface area contributed by atoms with E-state index in [0.717, 1.165) is 11.4 Å². The van der Waals surface area contributed by atoms with E-state index in [1.807, 2.05) is 18.2 Å². The highest BCUT2D eigenvalue weighted by atomic mass is 35.5. The molecule has 0 aliphatic carbocycles. The molecule has 0 radical (unpaired) electrons. The topological polar surface area (TPSA) is 29.5 Å². The Kier molecular flexibility index (Phi) is 4.58. The summed E-state index contributed by atoms with van der Waals surface area (Å²) in [5.74, 6) is 0.231. The molecule has 5 heteroatoms. The number of hydrogen-bond acceptors (Lipinski definition) is 2. The molecular formula is C14H17Cl2NO2. The van der Waals surface area contributed by atoms with Crippen molar-refractivity contribution >= 4 is 29.3 Å². The van der Waals surface area contributed by atoms with Crippen LogP contribution in [0.1, 0.15) is 30.9 Å². The van der Waals surface area contributed by atoms with E-state index in [4.69, 9.17) is 27.9 Å². The molecule has 1 heterocycles. The van der Waals surface area contributed by atoms with E-state index in [-0.39, 0.29) is 12.0 Å². The second-order valence-corrected chi connectivity index (χ2v) is 5.92. The van der Waals surface area contributed by atoms with Gasteiger partial charge >= 0.3 is 6.09 Å². The van der Waals surface area contributed by atoms with Crippen molar-refractivity contribution in [2.45, 2.75) is 31.7 Å². The lowest BCUT2D eigenvalue weighted by Gasteiger charge is -2.23. The first-order chi connectivity index (χ1) is 8.97. The van der Waals surface area contributed by atoms with Crippen LogP contribution in [0.5, 0.6) is 0 Å². The molecule has 0 spiro atoms. The zero-order chi connectivity index (χ0) is 14.0. The van der Waals surface area contributed by atoms with E-state index in [0.29, 0.717) is 13.1 Å². The summed E-state index contributed by atoms with van der Waals surface area (Å²) in [6.07, 6.45) is 0.455. The number of rotatable bonds is 1. The summed E-state index contributed by atoms with van der Waals surface area (Å²) in [4.78, 5) is 13.6. The van der Waals surface area contributed by atoms with Crippen molar-refractivity contribution in [3.8, 4) is 0 Å². The summed E-state index contributed by atoms with van der Waals surface area (Å²) in [5, 5.41) is 0.732. The highest BCUT2D eigenvalue weighted by Gasteiger charge is 2.25. The smallest absolute Gasteiger partial charge is 0.411 e. The third kappa shape index (κ3) is 3.54. The second kappa shape index (κ2) is 6.02. The number of ether oxygens (including phenoxy) is 1. The molecule has 1 aliphatic heterocycles. The fourth-order valence-electron chi connectivity index (χ4n) is 2.41. The lowest BCUT2D eigenvalue weighted by molar-refractivity contribution is 0.0954. The van der Waals surface area contributed by atoms with Crippen molar-refractivity contribution in [3.05, 3.63) is 34.3 Å². The van der Waals surface area contributed by atoms with Gasteiger partial charge in [0.1, 0.15) is 0 Å². The van der Waals surface area contributed by atoms with Gasteiger partial charge in [0.25, 0.3) is 0 Å². The molecule has 19 heavy (non-hydrogen) atoms. The van der Waals surface area contributed by atoms with Gasteiger partial charge in [0.05, 0.1) is 0 Å². The van der Waals surface area contributed by atoms with E-state index < -0.39 is 5.56 Å². The summed E-state index contributed by atoms with van der Waals surface area (Å²) in [6, 6.07) is 5.91. The molecule has 0 bridgehead atoms. The second-order valence-electron chi connectivity index (χ2n) is 4.87. The molecule has 0 fully saturated rings. The number of amides is 1. The molecule has 0 aromatic heterocycles. The van der Waals surface area contributed by atoms with E-state index in [2.05, 4.69) is 6.92 Å². The number of halogens is 2. The molecule has 2 atom stereocenters. The maximum absolute atomic E-state index is 11.9. The Labute approximate surface area is 123 Å². The average molecular weight is 302 g/mol. The SMILES string of the molecule is CC(Cl)OC(=O)N1CCc2ccc(Cl)cc2C(C)C1. The molecule has 3 nitrogen and oxygen atoms in total. The first-order valence-corrected chi connectivity index (χ1v) is 7.16. The van der Waals surface area contributed by atoms with Crippen LogP contribution in [0.3, 0.4) is 0 Å². The lowest BCUT2D eigenvalue weighted by atomic mass is 9.95. The Morgan fingerprint density at radius 2 is 2.26 bits per heavy atom. The van der Waals surface area contributed by atoms with Crippen LogP contribution in [0, 0.1) is 0 Å². The predicted molar refractivity (Wildman–Crippen MR) is 76.9 cm³/mol. The first kappa shape index (κ1) is 14.5. The molecule has 2 unspecified atom stereocenters. The molecule has 1 aromatic carbocycles. The maximum atomic E-state index is 11.9. The summed E-state index contributed by atoms with van der Waals surface area (Å²) < 4.78 is 5.04. The van der Waals surface area contributed by atoms with Crippen molar-refractivity contribution in [3.63, 3.8) is 0 Å². The molecule has 0 saturated carbocycles. The van der Waals surface area contributed by atoms with Gasteiger partial charge in [0, 0.05) is 18.1 Å². The van der Waals surface area contributed by atoms with E-state index >= 15 is 0 Å². The van der Waals surface area contributed by atoms with Crippen molar-refractivity contribution in [1.82, 2.24) is 4.90 Å². The van der Waals surface area contributed by atoms with E-state index in [9.17, 15) is 4.79 Å². The molecule has 0 saturated heterocycles. The number of alkyl halides is 1. The quantitative estimate of drug-likeness (QED) is 0.733. The molecule has 0 N–H and O–H groups in total. The molecular weight excluding hydrogens is 285 g/mol. The van der Waals surface area contributed by atoms with Gasteiger partial charge in [-0.1, -0.05) is 36.2 Å². The Bertz CT molecular complexity index is 477. The van der Waals surface area contributed by atoms with Crippen molar-refractivity contribution in [2.24, 2.45) is 0 Å². The van der Waals surface area contributed by atoms with Gasteiger partial charge < -0.3 is 9.64 Å². The largest absolute Gasteiger partial charge is 0.430 e. The van der Waals surface area contributed by atoms with Crippen LogP contribution in [0.15, 0.2) is 18.2 Å². The molecule has 1 aliphatic rings. The molecule has 2 rings (SSSR count). The molecule has 1 aromatic rings. The van der Waals surface area contributed by atoms with E-state index in [1.54, 1.807) is 11.8 Å². The van der Waals surface area contributed by atoms with E-state index in [1.165, 1.54) is 11.1 Å². The van der Waals surface area contributed by atoms with Crippen LogP contribution in [-0.2, 0) is 11.2 Å². The Morgan fingerprint density at radius 3 is 2.95 bits per heavy atom. The molecule has 104 valence electrons. The number of nitrogens with zero attached hydrogens (tertiary/aromatic N) is 1. The number of benzene rings is 1. The highest BCUT2D eigenvalue weighted by molar-refractivity contribution is 6.30. The number of hydrogen-bond donors (Lipinski definition) is 0. The summed E-state index contributed by atoms with van der Waals surface area (Å²) in [7, 11) is 0. The van der Waals surface area contributed by atoms with Gasteiger partial charge in [-0.15, -0.1) is 0 Å². The van der Waals surface area contributed by atoms with Gasteiger partial charge in [-0.3, -0.25) is 0 Å². The van der Waals surface area contributed by atoms with Gasteiger partial charge in [-0.2, -0.15) is 0 Å². The predicted octanol–water partition coefficient (Wildman–Crippen LogP) is 4.02. The zero-order valence-corrected chi connectivity index (χ0v) is 12.5. The Morgan fingerprint density at radius 1 is 1.53 bits per heavy atom.